The third-order valence-electron chi connectivity index (χ3n) is 12.0. The van der Waals surface area contributed by atoms with Gasteiger partial charge in [0.2, 0.25) is 0 Å². The van der Waals surface area contributed by atoms with Gasteiger partial charge in [0, 0.05) is 16.7 Å². The zero-order chi connectivity index (χ0) is 25.1. The first-order valence-electron chi connectivity index (χ1n) is 13.6. The van der Waals surface area contributed by atoms with Gasteiger partial charge >= 0.3 is 0 Å². The summed E-state index contributed by atoms with van der Waals surface area (Å²) in [7, 11) is 0. The normalized spacial score (nSPS) is 48.9. The summed E-state index contributed by atoms with van der Waals surface area (Å²) in [6.07, 6.45) is 10.7. The van der Waals surface area contributed by atoms with Gasteiger partial charge in [-0.3, -0.25) is 9.59 Å². The molecule has 34 heavy (non-hydrogen) atoms. The van der Waals surface area contributed by atoms with Crippen molar-refractivity contribution in [3.8, 4) is 6.07 Å². The molecule has 0 radical (unpaired) electrons. The SMILES string of the molecule is C[C@@H]1CC(C)(C)C[C@H]2C1CC[C@]1(C)[C@@H]2C(=O)C=C2[C@@]3(C)C=C(C#N)C(=O)C(C)(C)C3CC[C@]21C. The van der Waals surface area contributed by atoms with Gasteiger partial charge in [0.25, 0.3) is 0 Å². The molecule has 0 aromatic rings. The lowest BCUT2D eigenvalue weighted by atomic mass is 9.35. The number of ketones is 2. The molecule has 5 rings (SSSR count). The van der Waals surface area contributed by atoms with Gasteiger partial charge in [-0.25, -0.2) is 0 Å². The Labute approximate surface area is 206 Å². The van der Waals surface area contributed by atoms with E-state index in [1.165, 1.54) is 18.4 Å². The van der Waals surface area contributed by atoms with E-state index in [0.29, 0.717) is 23.5 Å². The lowest BCUT2D eigenvalue weighted by Gasteiger charge is -2.68. The minimum absolute atomic E-state index is 0.0353. The average Bonchev–Trinajstić information content (AvgIpc) is 2.71. The molecule has 0 aliphatic heterocycles. The molecule has 0 heterocycles. The Kier molecular flexibility index (Phi) is 4.91. The van der Waals surface area contributed by atoms with Crippen molar-refractivity contribution in [3.63, 3.8) is 0 Å². The average molecular weight is 462 g/mol. The summed E-state index contributed by atoms with van der Waals surface area (Å²) in [5, 5.41) is 9.83. The molecule has 0 amide bonds. The van der Waals surface area contributed by atoms with Crippen molar-refractivity contribution in [2.24, 2.45) is 56.7 Å². The van der Waals surface area contributed by atoms with E-state index < -0.39 is 10.8 Å². The molecule has 0 aromatic heterocycles. The predicted molar refractivity (Wildman–Crippen MR) is 135 cm³/mol. The molecule has 5 aliphatic rings. The number of hydrogen-bond acceptors (Lipinski definition) is 3. The van der Waals surface area contributed by atoms with Crippen LogP contribution in [0.5, 0.6) is 0 Å². The van der Waals surface area contributed by atoms with Crippen molar-refractivity contribution in [2.75, 3.05) is 0 Å². The van der Waals surface area contributed by atoms with E-state index >= 15 is 0 Å². The van der Waals surface area contributed by atoms with Gasteiger partial charge in [-0.1, -0.05) is 67.0 Å². The third kappa shape index (κ3) is 2.81. The Hall–Kier alpha value is -1.69. The second-order valence-corrected chi connectivity index (χ2v) is 14.7. The van der Waals surface area contributed by atoms with Crippen LogP contribution in [0.25, 0.3) is 0 Å². The van der Waals surface area contributed by atoms with Crippen molar-refractivity contribution in [2.45, 2.75) is 93.9 Å². The molecule has 184 valence electrons. The Morgan fingerprint density at radius 1 is 0.941 bits per heavy atom. The highest BCUT2D eigenvalue weighted by Gasteiger charge is 2.68. The number of Topliss-reactive ketones (excluding diaryl/α,β-unsaturated/α-hetero) is 1. The zero-order valence-electron chi connectivity index (χ0n) is 22.5. The number of hydrogen-bond donors (Lipinski definition) is 0. The Bertz CT molecular complexity index is 1070. The van der Waals surface area contributed by atoms with Crippen molar-refractivity contribution >= 4 is 11.6 Å². The van der Waals surface area contributed by atoms with Crippen molar-refractivity contribution < 1.29 is 9.59 Å². The lowest BCUT2D eigenvalue weighted by Crippen LogP contribution is -2.63. The molecule has 2 unspecified atom stereocenters. The molecule has 8 atom stereocenters. The fraction of sp³-hybridized carbons (Fsp3) is 0.774. The van der Waals surface area contributed by atoms with Crippen LogP contribution in [0.3, 0.4) is 0 Å². The van der Waals surface area contributed by atoms with Gasteiger partial charge in [0.15, 0.2) is 11.6 Å². The van der Waals surface area contributed by atoms with E-state index in [1.54, 1.807) is 0 Å². The van der Waals surface area contributed by atoms with Gasteiger partial charge in [0.1, 0.15) is 6.07 Å². The highest BCUT2D eigenvalue weighted by Crippen LogP contribution is 2.73. The van der Waals surface area contributed by atoms with E-state index in [4.69, 9.17) is 0 Å². The van der Waals surface area contributed by atoms with Gasteiger partial charge in [-0.2, -0.15) is 5.26 Å². The van der Waals surface area contributed by atoms with Crippen LogP contribution in [0.4, 0.5) is 0 Å². The molecule has 5 aliphatic carbocycles. The number of carbonyl (C=O) groups is 2. The molecule has 0 saturated heterocycles. The number of carbonyl (C=O) groups excluding carboxylic acids is 2. The topological polar surface area (TPSA) is 57.9 Å². The molecule has 0 bridgehead atoms. The van der Waals surface area contributed by atoms with Crippen LogP contribution in [0, 0.1) is 68.0 Å². The minimum atomic E-state index is -0.599. The van der Waals surface area contributed by atoms with Crippen LogP contribution < -0.4 is 0 Å². The van der Waals surface area contributed by atoms with Gasteiger partial charge in [-0.05, 0) is 84.5 Å². The Balaban J connectivity index is 1.68. The molecule has 0 spiro atoms. The molecule has 3 nitrogen and oxygen atoms in total. The summed E-state index contributed by atoms with van der Waals surface area (Å²) in [5.74, 6) is 2.26. The smallest absolute Gasteiger partial charge is 0.178 e. The number of rotatable bonds is 0. The van der Waals surface area contributed by atoms with Crippen LogP contribution >= 0.6 is 0 Å². The lowest BCUT2D eigenvalue weighted by molar-refractivity contribution is -0.159. The molecule has 3 fully saturated rings. The monoisotopic (exact) mass is 461 g/mol. The van der Waals surface area contributed by atoms with Crippen molar-refractivity contribution in [1.82, 2.24) is 0 Å². The Morgan fingerprint density at radius 3 is 2.26 bits per heavy atom. The van der Waals surface area contributed by atoms with Gasteiger partial charge in [0.05, 0.1) is 5.57 Å². The third-order valence-corrected chi connectivity index (χ3v) is 12.0. The van der Waals surface area contributed by atoms with E-state index in [9.17, 15) is 14.9 Å². The van der Waals surface area contributed by atoms with E-state index in [1.807, 2.05) is 26.0 Å². The van der Waals surface area contributed by atoms with Crippen LogP contribution in [0.2, 0.25) is 0 Å². The van der Waals surface area contributed by atoms with E-state index in [2.05, 4.69) is 47.6 Å². The van der Waals surface area contributed by atoms with Crippen molar-refractivity contribution in [3.05, 3.63) is 23.3 Å². The second-order valence-electron chi connectivity index (χ2n) is 14.7. The minimum Gasteiger partial charge on any atom is -0.295 e. The standard InChI is InChI=1S/C31H43NO2/c1-18-14-27(2,3)16-21-20(18)9-11-31(8)25(21)22(33)13-24-29(6)15-19(17-32)26(34)28(4,5)23(29)10-12-30(24,31)7/h13,15,18,20-21,23,25H,9-12,14,16H2,1-8H3/t18-,20?,21+,23?,25+,29+,30-,31-/m1/s1. The first-order valence-corrected chi connectivity index (χ1v) is 13.6. The zero-order valence-corrected chi connectivity index (χ0v) is 22.5. The molecular weight excluding hydrogens is 418 g/mol. The van der Waals surface area contributed by atoms with Crippen LogP contribution in [0.1, 0.15) is 93.9 Å². The fourth-order valence-corrected chi connectivity index (χ4v) is 10.5. The first kappa shape index (κ1) is 24.0. The van der Waals surface area contributed by atoms with Crippen LogP contribution in [-0.2, 0) is 9.59 Å². The number of allylic oxidation sites excluding steroid dienone is 4. The maximum Gasteiger partial charge on any atom is 0.178 e. The molecular formula is C31H43NO2. The van der Waals surface area contributed by atoms with Gasteiger partial charge < -0.3 is 0 Å². The number of fused-ring (bicyclic) bond motifs is 7. The summed E-state index contributed by atoms with van der Waals surface area (Å²) < 4.78 is 0. The van der Waals surface area contributed by atoms with Gasteiger partial charge in [-0.15, -0.1) is 0 Å². The molecule has 3 heteroatoms. The fourth-order valence-electron chi connectivity index (χ4n) is 10.5. The van der Waals surface area contributed by atoms with Crippen LogP contribution in [0.15, 0.2) is 23.3 Å². The second kappa shape index (κ2) is 6.96. The largest absolute Gasteiger partial charge is 0.295 e. The summed E-state index contributed by atoms with van der Waals surface area (Å²) >= 11 is 0. The number of nitrogens with zero attached hydrogens (tertiary/aromatic N) is 1. The summed E-state index contributed by atoms with van der Waals surface area (Å²) in [5.41, 5.74) is 0.553. The van der Waals surface area contributed by atoms with E-state index in [0.717, 1.165) is 25.7 Å². The maximum atomic E-state index is 14.2. The quantitative estimate of drug-likeness (QED) is 0.387. The first-order chi connectivity index (χ1) is 15.6. The molecule has 3 saturated carbocycles. The van der Waals surface area contributed by atoms with Crippen molar-refractivity contribution in [1.29, 1.82) is 5.26 Å². The molecule has 0 aromatic carbocycles. The summed E-state index contributed by atoms with van der Waals surface area (Å²) in [6.45, 7) is 18.3. The maximum absolute atomic E-state index is 14.2. The van der Waals surface area contributed by atoms with Crippen LogP contribution in [-0.4, -0.2) is 11.6 Å². The predicted octanol–water partition coefficient (Wildman–Crippen LogP) is 7.08. The molecule has 0 N–H and O–H groups in total. The number of nitriles is 1. The summed E-state index contributed by atoms with van der Waals surface area (Å²) in [4.78, 5) is 27.3. The Morgan fingerprint density at radius 2 is 1.62 bits per heavy atom. The highest BCUT2D eigenvalue weighted by atomic mass is 16.1. The van der Waals surface area contributed by atoms with E-state index in [-0.39, 0.29) is 39.4 Å². The summed E-state index contributed by atoms with van der Waals surface area (Å²) in [6, 6.07) is 2.20. The highest BCUT2D eigenvalue weighted by molar-refractivity contribution is 6.04.